The molecule has 0 saturated heterocycles. The number of methoxy groups -OCH3 is 1. The first-order chi connectivity index (χ1) is 18.2. The maximum Gasteiger partial charge on any atom is 0.259 e. The summed E-state index contributed by atoms with van der Waals surface area (Å²) in [6.45, 7) is 7.22. The molecule has 1 amide bonds. The molecule has 5 rings (SSSR count). The molecule has 1 aromatic heterocycles. The van der Waals surface area contributed by atoms with Gasteiger partial charge in [0.1, 0.15) is 5.69 Å². The Labute approximate surface area is 226 Å². The number of nitrogens with two attached hydrogens (primary N) is 1. The lowest BCUT2D eigenvalue weighted by molar-refractivity contribution is 0.102. The number of hydrogen-bond donors (Lipinski definition) is 2. The number of anilines is 2. The zero-order valence-electron chi connectivity index (χ0n) is 23.1. The lowest BCUT2D eigenvalue weighted by Gasteiger charge is -2.26. The van der Waals surface area contributed by atoms with Crippen LogP contribution in [0.1, 0.15) is 80.9 Å². The van der Waals surface area contributed by atoms with Crippen molar-refractivity contribution in [3.8, 4) is 11.8 Å². The molecular weight excluding hydrogens is 470 g/mol. The quantitative estimate of drug-likeness (QED) is 0.209. The van der Waals surface area contributed by atoms with Crippen LogP contribution in [0.2, 0.25) is 0 Å². The summed E-state index contributed by atoms with van der Waals surface area (Å²) in [5.41, 5.74) is 10.9. The topological polar surface area (TPSA) is 69.3 Å². The van der Waals surface area contributed by atoms with E-state index in [1.807, 2.05) is 36.4 Å². The average molecular weight is 510 g/mol. The van der Waals surface area contributed by atoms with E-state index < -0.39 is 0 Å². The molecule has 0 radical (unpaired) electrons. The van der Waals surface area contributed by atoms with Crippen LogP contribution in [0.4, 0.5) is 11.4 Å². The molecule has 0 spiro atoms. The normalized spacial score (nSPS) is 18.5. The molecule has 1 saturated carbocycles. The van der Waals surface area contributed by atoms with E-state index >= 15 is 0 Å². The smallest absolute Gasteiger partial charge is 0.259 e. The van der Waals surface area contributed by atoms with E-state index in [9.17, 15) is 4.79 Å². The van der Waals surface area contributed by atoms with Crippen LogP contribution in [0, 0.1) is 23.2 Å². The minimum atomic E-state index is -0.219. The standard InChI is InChI=1S/C33H39N3O2/c1-32(2,24-10-7-5-6-8-11-24)19-18-28-30(31(37)35-25-16-14-23(15-17-25)22-38-4)29-26(34)12-9-13-27(29)36(28)33(3)20-21-33/h7,9-10,12-17,24H,5-6,8,11,20-22,34H2,1-4H3,(H,35,37). The number of allylic oxidation sites excluding steroid dienone is 2. The maximum atomic E-state index is 14.0. The molecular formula is C33H39N3O2. The van der Waals surface area contributed by atoms with E-state index in [2.05, 4.69) is 60.7 Å². The molecule has 198 valence electrons. The summed E-state index contributed by atoms with van der Waals surface area (Å²) >= 11 is 0. The largest absolute Gasteiger partial charge is 0.398 e. The predicted molar refractivity (Wildman–Crippen MR) is 156 cm³/mol. The Morgan fingerprint density at radius 2 is 1.95 bits per heavy atom. The number of hydrogen-bond acceptors (Lipinski definition) is 3. The van der Waals surface area contributed by atoms with Gasteiger partial charge in [0.25, 0.3) is 5.91 Å². The SMILES string of the molecule is COCc1ccc(NC(=O)c2c(C#CC(C)(C)C3C=CCCCC3)n(C3(C)CC3)c3cccc(N)c23)cc1. The van der Waals surface area contributed by atoms with Gasteiger partial charge in [0.15, 0.2) is 0 Å². The first kappa shape index (κ1) is 26.1. The zero-order chi connectivity index (χ0) is 26.9. The second-order valence-corrected chi connectivity index (χ2v) is 11.7. The van der Waals surface area contributed by atoms with Crippen molar-refractivity contribution in [3.63, 3.8) is 0 Å². The molecule has 1 fully saturated rings. The lowest BCUT2D eigenvalue weighted by Crippen LogP contribution is -2.21. The number of fused-ring (bicyclic) bond motifs is 1. The van der Waals surface area contributed by atoms with E-state index in [1.165, 1.54) is 12.8 Å². The molecule has 0 bridgehead atoms. The second kappa shape index (κ2) is 10.3. The minimum Gasteiger partial charge on any atom is -0.398 e. The van der Waals surface area contributed by atoms with Gasteiger partial charge in [-0.1, -0.05) is 42.7 Å². The van der Waals surface area contributed by atoms with Crippen molar-refractivity contribution in [2.45, 2.75) is 71.4 Å². The highest BCUT2D eigenvalue weighted by Crippen LogP contribution is 2.48. The van der Waals surface area contributed by atoms with Gasteiger partial charge in [-0.15, -0.1) is 0 Å². The predicted octanol–water partition coefficient (Wildman–Crippen LogP) is 7.26. The highest BCUT2D eigenvalue weighted by Gasteiger charge is 2.43. The third kappa shape index (κ3) is 5.11. The van der Waals surface area contributed by atoms with Crippen LogP contribution in [-0.2, 0) is 16.9 Å². The van der Waals surface area contributed by atoms with Gasteiger partial charge in [-0.05, 0) is 94.5 Å². The molecule has 5 nitrogen and oxygen atoms in total. The molecule has 0 aliphatic heterocycles. The fourth-order valence-electron chi connectivity index (χ4n) is 5.61. The van der Waals surface area contributed by atoms with Crippen molar-refractivity contribution in [2.75, 3.05) is 18.2 Å². The van der Waals surface area contributed by atoms with Crippen LogP contribution in [-0.4, -0.2) is 17.6 Å². The van der Waals surface area contributed by atoms with Crippen molar-refractivity contribution in [1.82, 2.24) is 4.57 Å². The van der Waals surface area contributed by atoms with Crippen LogP contribution in [0.5, 0.6) is 0 Å². The molecule has 2 aromatic carbocycles. The van der Waals surface area contributed by atoms with Crippen molar-refractivity contribution >= 4 is 28.2 Å². The zero-order valence-corrected chi connectivity index (χ0v) is 23.1. The molecule has 2 aliphatic rings. The first-order valence-corrected chi connectivity index (χ1v) is 13.8. The summed E-state index contributed by atoms with van der Waals surface area (Å²) in [6, 6.07) is 13.6. The summed E-state index contributed by atoms with van der Waals surface area (Å²) in [5.74, 6) is 7.36. The van der Waals surface area contributed by atoms with E-state index in [4.69, 9.17) is 10.5 Å². The number of carbonyl (C=O) groups excluding carboxylic acids is 1. The summed E-state index contributed by atoms with van der Waals surface area (Å²) in [7, 11) is 1.67. The van der Waals surface area contributed by atoms with Crippen molar-refractivity contribution in [3.05, 3.63) is 71.4 Å². The number of benzene rings is 2. The summed E-state index contributed by atoms with van der Waals surface area (Å²) in [6.07, 6.45) is 11.5. The van der Waals surface area contributed by atoms with Gasteiger partial charge in [-0.25, -0.2) is 0 Å². The molecule has 1 unspecified atom stereocenters. The number of rotatable bonds is 6. The number of carbonyl (C=O) groups is 1. The van der Waals surface area contributed by atoms with E-state index in [0.29, 0.717) is 23.8 Å². The summed E-state index contributed by atoms with van der Waals surface area (Å²) in [4.78, 5) is 14.0. The lowest BCUT2D eigenvalue weighted by atomic mass is 9.77. The highest BCUT2D eigenvalue weighted by molar-refractivity contribution is 6.17. The molecule has 38 heavy (non-hydrogen) atoms. The van der Waals surface area contributed by atoms with Gasteiger partial charge in [-0.2, -0.15) is 0 Å². The number of nitrogen functional groups attached to an aromatic ring is 1. The number of aromatic nitrogens is 1. The molecule has 3 N–H and O–H groups in total. The first-order valence-electron chi connectivity index (χ1n) is 13.8. The van der Waals surface area contributed by atoms with Gasteiger partial charge in [-0.3, -0.25) is 4.79 Å². The van der Waals surface area contributed by atoms with Gasteiger partial charge in [0.05, 0.1) is 17.7 Å². The third-order valence-corrected chi connectivity index (χ3v) is 8.22. The van der Waals surface area contributed by atoms with E-state index in [0.717, 1.165) is 53.5 Å². The minimum absolute atomic E-state index is 0.0667. The number of amides is 1. The summed E-state index contributed by atoms with van der Waals surface area (Å²) < 4.78 is 7.50. The maximum absolute atomic E-state index is 14.0. The van der Waals surface area contributed by atoms with Crippen molar-refractivity contribution < 1.29 is 9.53 Å². The summed E-state index contributed by atoms with van der Waals surface area (Å²) in [5, 5.41) is 3.90. The Bertz CT molecular complexity index is 1430. The van der Waals surface area contributed by atoms with Gasteiger partial charge < -0.3 is 20.4 Å². The van der Waals surface area contributed by atoms with Gasteiger partial charge >= 0.3 is 0 Å². The van der Waals surface area contributed by atoms with Gasteiger partial charge in [0.2, 0.25) is 0 Å². The molecule has 3 aromatic rings. The van der Waals surface area contributed by atoms with E-state index in [-0.39, 0.29) is 16.9 Å². The van der Waals surface area contributed by atoms with Crippen LogP contribution >= 0.6 is 0 Å². The third-order valence-electron chi connectivity index (χ3n) is 8.22. The number of nitrogens with zero attached hydrogens (tertiary/aromatic N) is 1. The Kier molecular flexibility index (Phi) is 7.11. The van der Waals surface area contributed by atoms with E-state index in [1.54, 1.807) is 7.11 Å². The fourth-order valence-corrected chi connectivity index (χ4v) is 5.61. The monoisotopic (exact) mass is 509 g/mol. The Morgan fingerprint density at radius 3 is 2.66 bits per heavy atom. The molecule has 1 heterocycles. The number of nitrogens with one attached hydrogen (secondary N) is 1. The number of ether oxygens (including phenoxy) is 1. The highest BCUT2D eigenvalue weighted by atomic mass is 16.5. The molecule has 5 heteroatoms. The fraction of sp³-hybridized carbons (Fsp3) is 0.424. The van der Waals surface area contributed by atoms with Crippen LogP contribution < -0.4 is 11.1 Å². The van der Waals surface area contributed by atoms with Crippen LogP contribution in [0.3, 0.4) is 0 Å². The Morgan fingerprint density at radius 1 is 1.18 bits per heavy atom. The Hall–Kier alpha value is -3.49. The van der Waals surface area contributed by atoms with Crippen LogP contribution in [0.25, 0.3) is 10.9 Å². The second-order valence-electron chi connectivity index (χ2n) is 11.7. The molecule has 2 aliphatic carbocycles. The molecule has 1 atom stereocenters. The van der Waals surface area contributed by atoms with Crippen molar-refractivity contribution in [2.24, 2.45) is 11.3 Å². The average Bonchev–Trinajstić information content (AvgIpc) is 3.61. The van der Waals surface area contributed by atoms with Gasteiger partial charge in [0, 0.05) is 34.8 Å². The van der Waals surface area contributed by atoms with Crippen LogP contribution in [0.15, 0.2) is 54.6 Å². The van der Waals surface area contributed by atoms with Crippen molar-refractivity contribution in [1.29, 1.82) is 0 Å². The Balaban J connectivity index is 1.62.